The molecule has 3 rings (SSSR count). The van der Waals surface area contributed by atoms with Gasteiger partial charge in [-0.2, -0.15) is 0 Å². The van der Waals surface area contributed by atoms with Crippen molar-refractivity contribution in [3.8, 4) is 0 Å². The fourth-order valence-corrected chi connectivity index (χ4v) is 2.56. The van der Waals surface area contributed by atoms with Crippen molar-refractivity contribution in [1.29, 1.82) is 0 Å². The number of hydrogen-bond donors (Lipinski definition) is 1. The SMILES string of the molecule is CC1C(=O)NC(c2ccccc2)c2ccccc21. The summed E-state index contributed by atoms with van der Waals surface area (Å²) in [5.41, 5.74) is 3.47. The van der Waals surface area contributed by atoms with E-state index in [1.54, 1.807) is 0 Å². The summed E-state index contributed by atoms with van der Waals surface area (Å²) < 4.78 is 0. The zero-order chi connectivity index (χ0) is 12.5. The molecule has 2 aromatic carbocycles. The predicted octanol–water partition coefficient (Wildman–Crippen LogP) is 3.01. The van der Waals surface area contributed by atoms with Gasteiger partial charge in [0.2, 0.25) is 5.91 Å². The second-order valence-electron chi connectivity index (χ2n) is 4.70. The number of rotatable bonds is 1. The topological polar surface area (TPSA) is 29.1 Å². The number of benzene rings is 2. The van der Waals surface area contributed by atoms with Gasteiger partial charge in [-0.1, -0.05) is 54.6 Å². The molecule has 2 unspecified atom stereocenters. The molecule has 2 atom stereocenters. The minimum atomic E-state index is -0.0684. The van der Waals surface area contributed by atoms with Gasteiger partial charge in [0, 0.05) is 0 Å². The third kappa shape index (κ3) is 1.70. The van der Waals surface area contributed by atoms with Gasteiger partial charge in [-0.25, -0.2) is 0 Å². The van der Waals surface area contributed by atoms with Crippen LogP contribution in [0.1, 0.15) is 35.6 Å². The molecule has 0 aromatic heterocycles. The van der Waals surface area contributed by atoms with Gasteiger partial charge >= 0.3 is 0 Å². The maximum absolute atomic E-state index is 12.0. The van der Waals surface area contributed by atoms with Crippen molar-refractivity contribution in [1.82, 2.24) is 5.32 Å². The van der Waals surface area contributed by atoms with Crippen molar-refractivity contribution >= 4 is 5.91 Å². The van der Waals surface area contributed by atoms with E-state index in [2.05, 4.69) is 29.6 Å². The molecule has 90 valence electrons. The summed E-state index contributed by atoms with van der Waals surface area (Å²) >= 11 is 0. The maximum atomic E-state index is 12.0. The Morgan fingerprint density at radius 3 is 2.22 bits per heavy atom. The van der Waals surface area contributed by atoms with E-state index in [0.717, 1.165) is 11.1 Å². The van der Waals surface area contributed by atoms with Crippen molar-refractivity contribution < 1.29 is 4.79 Å². The Balaban J connectivity index is 2.13. The Labute approximate surface area is 107 Å². The number of amides is 1. The highest BCUT2D eigenvalue weighted by molar-refractivity contribution is 5.86. The number of hydrogen-bond acceptors (Lipinski definition) is 1. The molecule has 0 radical (unpaired) electrons. The molecule has 0 aliphatic carbocycles. The quantitative estimate of drug-likeness (QED) is 0.811. The molecule has 0 spiro atoms. The normalized spacial score (nSPS) is 22.2. The van der Waals surface area contributed by atoms with Gasteiger partial charge in [0.25, 0.3) is 0 Å². The first-order valence-electron chi connectivity index (χ1n) is 6.21. The van der Waals surface area contributed by atoms with Gasteiger partial charge in [0.05, 0.1) is 12.0 Å². The van der Waals surface area contributed by atoms with Gasteiger partial charge in [0.15, 0.2) is 0 Å². The summed E-state index contributed by atoms with van der Waals surface area (Å²) in [5, 5.41) is 3.10. The third-order valence-electron chi connectivity index (χ3n) is 3.59. The van der Waals surface area contributed by atoms with Crippen molar-refractivity contribution in [2.45, 2.75) is 18.9 Å². The largest absolute Gasteiger partial charge is 0.345 e. The van der Waals surface area contributed by atoms with Crippen LogP contribution in [0.3, 0.4) is 0 Å². The molecule has 2 aromatic rings. The Hall–Kier alpha value is -2.09. The van der Waals surface area contributed by atoms with Crippen LogP contribution in [0.2, 0.25) is 0 Å². The average Bonchev–Trinajstić information content (AvgIpc) is 2.44. The van der Waals surface area contributed by atoms with Crippen LogP contribution in [0.5, 0.6) is 0 Å². The van der Waals surface area contributed by atoms with E-state index in [1.165, 1.54) is 5.56 Å². The molecule has 18 heavy (non-hydrogen) atoms. The minimum Gasteiger partial charge on any atom is -0.345 e. The summed E-state index contributed by atoms with van der Waals surface area (Å²) in [6, 6.07) is 18.3. The van der Waals surface area contributed by atoms with Crippen LogP contribution in [-0.2, 0) is 4.79 Å². The van der Waals surface area contributed by atoms with Crippen LogP contribution in [0.15, 0.2) is 54.6 Å². The number of fused-ring (bicyclic) bond motifs is 1. The molecule has 1 heterocycles. The first-order valence-corrected chi connectivity index (χ1v) is 6.21. The summed E-state index contributed by atoms with van der Waals surface area (Å²) in [7, 11) is 0. The molecular weight excluding hydrogens is 222 g/mol. The Morgan fingerprint density at radius 1 is 0.889 bits per heavy atom. The van der Waals surface area contributed by atoms with E-state index in [-0.39, 0.29) is 17.9 Å². The number of carbonyl (C=O) groups is 1. The highest BCUT2D eigenvalue weighted by atomic mass is 16.2. The van der Waals surface area contributed by atoms with Gasteiger partial charge < -0.3 is 5.32 Å². The molecular formula is C16H15NO. The lowest BCUT2D eigenvalue weighted by molar-refractivity contribution is -0.123. The van der Waals surface area contributed by atoms with Crippen LogP contribution < -0.4 is 5.32 Å². The lowest BCUT2D eigenvalue weighted by Gasteiger charge is -2.30. The van der Waals surface area contributed by atoms with Gasteiger partial charge in [-0.05, 0) is 23.6 Å². The third-order valence-corrected chi connectivity index (χ3v) is 3.59. The zero-order valence-electron chi connectivity index (χ0n) is 10.3. The fourth-order valence-electron chi connectivity index (χ4n) is 2.56. The van der Waals surface area contributed by atoms with E-state index in [1.807, 2.05) is 37.3 Å². The molecule has 0 saturated carbocycles. The molecule has 2 nitrogen and oxygen atoms in total. The first-order chi connectivity index (χ1) is 8.77. The Kier molecular flexibility index (Phi) is 2.63. The van der Waals surface area contributed by atoms with Crippen molar-refractivity contribution in [2.24, 2.45) is 0 Å². The van der Waals surface area contributed by atoms with Gasteiger partial charge in [0.1, 0.15) is 0 Å². The van der Waals surface area contributed by atoms with Gasteiger partial charge in [-0.15, -0.1) is 0 Å². The lowest BCUT2D eigenvalue weighted by Crippen LogP contribution is -2.38. The summed E-state index contributed by atoms with van der Waals surface area (Å²) in [4.78, 5) is 12.0. The number of carbonyl (C=O) groups excluding carboxylic acids is 1. The van der Waals surface area contributed by atoms with E-state index >= 15 is 0 Å². The molecule has 0 saturated heterocycles. The molecule has 1 aliphatic heterocycles. The molecule has 1 N–H and O–H groups in total. The van der Waals surface area contributed by atoms with E-state index in [4.69, 9.17) is 0 Å². The van der Waals surface area contributed by atoms with Crippen molar-refractivity contribution in [2.75, 3.05) is 0 Å². The second-order valence-corrected chi connectivity index (χ2v) is 4.70. The van der Waals surface area contributed by atoms with Crippen LogP contribution in [0.4, 0.5) is 0 Å². The lowest BCUT2D eigenvalue weighted by atomic mass is 9.84. The average molecular weight is 237 g/mol. The summed E-state index contributed by atoms with van der Waals surface area (Å²) in [6.45, 7) is 1.95. The molecule has 1 amide bonds. The standard InChI is InChI=1S/C16H15NO/c1-11-13-9-5-6-10-14(13)15(17-16(11)18)12-7-3-2-4-8-12/h2-11,15H,1H3,(H,17,18). The van der Waals surface area contributed by atoms with Gasteiger partial charge in [-0.3, -0.25) is 4.79 Å². The second kappa shape index (κ2) is 4.30. The molecule has 2 heteroatoms. The van der Waals surface area contributed by atoms with Crippen LogP contribution in [0.25, 0.3) is 0 Å². The first kappa shape index (κ1) is 11.0. The summed E-state index contributed by atoms with van der Waals surface area (Å²) in [6.07, 6.45) is 0. The van der Waals surface area contributed by atoms with E-state index in [9.17, 15) is 4.79 Å². The molecule has 0 bridgehead atoms. The van der Waals surface area contributed by atoms with Crippen molar-refractivity contribution in [3.63, 3.8) is 0 Å². The smallest absolute Gasteiger partial charge is 0.228 e. The Bertz CT molecular complexity index is 577. The van der Waals surface area contributed by atoms with E-state index in [0.29, 0.717) is 0 Å². The fraction of sp³-hybridized carbons (Fsp3) is 0.188. The van der Waals surface area contributed by atoms with Crippen molar-refractivity contribution in [3.05, 3.63) is 71.3 Å². The van der Waals surface area contributed by atoms with Crippen LogP contribution >= 0.6 is 0 Å². The van der Waals surface area contributed by atoms with Crippen LogP contribution in [0, 0.1) is 0 Å². The zero-order valence-corrected chi connectivity index (χ0v) is 10.3. The predicted molar refractivity (Wildman–Crippen MR) is 71.3 cm³/mol. The van der Waals surface area contributed by atoms with Crippen LogP contribution in [-0.4, -0.2) is 5.91 Å². The maximum Gasteiger partial charge on any atom is 0.228 e. The highest BCUT2D eigenvalue weighted by Gasteiger charge is 2.30. The molecule has 1 aliphatic rings. The minimum absolute atomic E-state index is 0.0221. The monoisotopic (exact) mass is 237 g/mol. The highest BCUT2D eigenvalue weighted by Crippen LogP contribution is 2.33. The van der Waals surface area contributed by atoms with E-state index < -0.39 is 0 Å². The Morgan fingerprint density at radius 2 is 1.50 bits per heavy atom. The number of nitrogens with one attached hydrogen (secondary N) is 1. The molecule has 0 fully saturated rings. The summed E-state index contributed by atoms with van der Waals surface area (Å²) in [5.74, 6) is 0.0312.